The third-order valence-corrected chi connectivity index (χ3v) is 16.5. The van der Waals surface area contributed by atoms with E-state index < -0.39 is 6.10 Å². The zero-order valence-electron chi connectivity index (χ0n) is 55.7. The average molecular weight is 1160 g/mol. The molecule has 0 saturated heterocycles. The first-order chi connectivity index (χ1) is 41.0. The minimum Gasteiger partial charge on any atom is -0.462 e. The molecule has 0 aliphatic carbocycles. The van der Waals surface area contributed by atoms with Gasteiger partial charge in [0, 0.05) is 19.3 Å². The molecular weight excluding hydrogens is 1020 g/mol. The fourth-order valence-corrected chi connectivity index (χ4v) is 11.0. The summed E-state index contributed by atoms with van der Waals surface area (Å²) < 4.78 is 17.0. The molecule has 1 unspecified atom stereocenters. The van der Waals surface area contributed by atoms with E-state index in [4.69, 9.17) is 14.2 Å². The number of allylic oxidation sites excluding steroid dienone is 10. The molecule has 0 radical (unpaired) electrons. The van der Waals surface area contributed by atoms with Crippen LogP contribution in [0.4, 0.5) is 0 Å². The van der Waals surface area contributed by atoms with Gasteiger partial charge in [-0.25, -0.2) is 0 Å². The van der Waals surface area contributed by atoms with Crippen LogP contribution in [0.3, 0.4) is 0 Å². The number of ether oxygens (including phenoxy) is 3. The molecule has 0 amide bonds. The van der Waals surface area contributed by atoms with Crippen molar-refractivity contribution in [3.63, 3.8) is 0 Å². The van der Waals surface area contributed by atoms with Crippen LogP contribution in [0.5, 0.6) is 0 Å². The van der Waals surface area contributed by atoms with Crippen molar-refractivity contribution in [2.45, 2.75) is 399 Å². The summed E-state index contributed by atoms with van der Waals surface area (Å²) >= 11 is 0. The summed E-state index contributed by atoms with van der Waals surface area (Å²) in [5.41, 5.74) is 0. The van der Waals surface area contributed by atoms with E-state index >= 15 is 0 Å². The van der Waals surface area contributed by atoms with Crippen molar-refractivity contribution in [2.75, 3.05) is 13.2 Å². The number of hydrogen-bond acceptors (Lipinski definition) is 6. The largest absolute Gasteiger partial charge is 0.462 e. The van der Waals surface area contributed by atoms with Crippen LogP contribution < -0.4 is 0 Å². The average Bonchev–Trinajstić information content (AvgIpc) is 3.49. The van der Waals surface area contributed by atoms with E-state index in [1.54, 1.807) is 0 Å². The molecule has 484 valence electrons. The van der Waals surface area contributed by atoms with Crippen LogP contribution in [-0.2, 0) is 28.6 Å². The SMILES string of the molecule is CC/C=C\C/C=C\C/C=C\C/C=C\CCCCCCCCC(=O)OC(COC(=O)CCCCCCC/C=C\CCCCCCC)COC(=O)CCCCCCCCCCCCCCCCCCCCCCCCCCCCCCCCCC. The minimum atomic E-state index is -0.786. The molecule has 6 heteroatoms. The minimum absolute atomic E-state index is 0.0793. The predicted octanol–water partition coefficient (Wildman–Crippen LogP) is 25.5. The summed E-state index contributed by atoms with van der Waals surface area (Å²) in [5.74, 6) is -0.880. The standard InChI is InChI=1S/C77H140O6/c1-4-7-10-13-16-19-22-25-28-30-32-33-34-35-36-37-38-39-40-41-42-43-44-46-47-49-52-55-58-61-64-67-70-76(79)82-73-74(72-81-75(78)69-66-63-60-57-54-51-27-24-21-18-15-12-9-6-3)83-77(80)71-68-65-62-59-56-53-50-48-45-31-29-26-23-20-17-14-11-8-5-2/h8,11,17,20,24,26-27,29,45,48,74H,4-7,9-10,12-16,18-19,21-23,25,28,30-44,46-47,49-73H2,1-3H3/b11-8-,20-17-,27-24-,29-26-,48-45-. The number of hydrogen-bond donors (Lipinski definition) is 0. The fraction of sp³-hybridized carbons (Fsp3) is 0.831. The van der Waals surface area contributed by atoms with E-state index in [9.17, 15) is 14.4 Å². The van der Waals surface area contributed by atoms with Crippen molar-refractivity contribution in [2.24, 2.45) is 0 Å². The molecule has 83 heavy (non-hydrogen) atoms. The quantitative estimate of drug-likeness (QED) is 0.0261. The highest BCUT2D eigenvalue weighted by Gasteiger charge is 2.19. The summed E-state index contributed by atoms with van der Waals surface area (Å²) in [6.45, 7) is 6.56. The summed E-state index contributed by atoms with van der Waals surface area (Å²) in [5, 5.41) is 0. The Morgan fingerprint density at radius 2 is 0.470 bits per heavy atom. The smallest absolute Gasteiger partial charge is 0.306 e. The Morgan fingerprint density at radius 1 is 0.253 bits per heavy atom. The van der Waals surface area contributed by atoms with Crippen LogP contribution in [0.25, 0.3) is 0 Å². The molecule has 6 nitrogen and oxygen atoms in total. The van der Waals surface area contributed by atoms with Crippen LogP contribution in [0.2, 0.25) is 0 Å². The normalized spacial score (nSPS) is 12.4. The summed E-state index contributed by atoms with van der Waals surface area (Å²) in [6, 6.07) is 0. The van der Waals surface area contributed by atoms with E-state index in [-0.39, 0.29) is 31.1 Å². The Balaban J connectivity index is 4.17. The maximum atomic E-state index is 12.9. The summed E-state index contributed by atoms with van der Waals surface area (Å²) in [7, 11) is 0. The van der Waals surface area contributed by atoms with E-state index in [0.717, 1.165) is 103 Å². The first kappa shape index (κ1) is 80.1. The Labute approximate surface area is 517 Å². The third kappa shape index (κ3) is 69.8. The van der Waals surface area contributed by atoms with Crippen LogP contribution in [-0.4, -0.2) is 37.2 Å². The highest BCUT2D eigenvalue weighted by Crippen LogP contribution is 2.19. The maximum Gasteiger partial charge on any atom is 0.306 e. The Morgan fingerprint density at radius 3 is 0.747 bits per heavy atom. The number of unbranched alkanes of at least 4 members (excludes halogenated alkanes) is 47. The lowest BCUT2D eigenvalue weighted by Crippen LogP contribution is -2.30. The lowest BCUT2D eigenvalue weighted by Gasteiger charge is -2.18. The van der Waals surface area contributed by atoms with Gasteiger partial charge < -0.3 is 14.2 Å². The zero-order valence-corrected chi connectivity index (χ0v) is 55.7. The first-order valence-electron chi connectivity index (χ1n) is 36.8. The van der Waals surface area contributed by atoms with Gasteiger partial charge in [0.05, 0.1) is 0 Å². The van der Waals surface area contributed by atoms with E-state index in [1.165, 1.54) is 250 Å². The van der Waals surface area contributed by atoms with Crippen molar-refractivity contribution >= 4 is 17.9 Å². The molecule has 0 aromatic rings. The maximum absolute atomic E-state index is 12.9. The first-order valence-corrected chi connectivity index (χ1v) is 36.8. The van der Waals surface area contributed by atoms with E-state index in [1.807, 2.05) is 0 Å². The highest BCUT2D eigenvalue weighted by molar-refractivity contribution is 5.71. The number of rotatable bonds is 68. The van der Waals surface area contributed by atoms with Gasteiger partial charge in [0.1, 0.15) is 13.2 Å². The second-order valence-corrected chi connectivity index (χ2v) is 24.8. The lowest BCUT2D eigenvalue weighted by atomic mass is 10.0. The molecule has 0 aliphatic heterocycles. The fourth-order valence-electron chi connectivity index (χ4n) is 11.0. The number of esters is 3. The van der Waals surface area contributed by atoms with Gasteiger partial charge in [-0.15, -0.1) is 0 Å². The molecule has 0 aromatic carbocycles. The van der Waals surface area contributed by atoms with Crippen LogP contribution >= 0.6 is 0 Å². The Hall–Kier alpha value is -2.89. The van der Waals surface area contributed by atoms with Gasteiger partial charge in [-0.2, -0.15) is 0 Å². The lowest BCUT2D eigenvalue weighted by molar-refractivity contribution is -0.167. The second-order valence-electron chi connectivity index (χ2n) is 24.8. The Kier molecular flexibility index (Phi) is 69.1. The molecule has 0 saturated carbocycles. The van der Waals surface area contributed by atoms with E-state index in [0.29, 0.717) is 19.3 Å². The van der Waals surface area contributed by atoms with Gasteiger partial charge >= 0.3 is 17.9 Å². The number of carbonyl (C=O) groups is 3. The highest BCUT2D eigenvalue weighted by atomic mass is 16.6. The topological polar surface area (TPSA) is 78.9 Å². The second kappa shape index (κ2) is 71.6. The van der Waals surface area contributed by atoms with Gasteiger partial charge in [0.15, 0.2) is 6.10 Å². The van der Waals surface area contributed by atoms with Gasteiger partial charge in [-0.05, 0) is 83.5 Å². The molecular formula is C77H140O6. The van der Waals surface area contributed by atoms with Crippen molar-refractivity contribution in [1.82, 2.24) is 0 Å². The molecule has 0 aromatic heterocycles. The summed E-state index contributed by atoms with van der Waals surface area (Å²) in [4.78, 5) is 38.4. The van der Waals surface area contributed by atoms with Crippen LogP contribution in [0, 0.1) is 0 Å². The summed E-state index contributed by atoms with van der Waals surface area (Å²) in [6.07, 6.45) is 92.7. The van der Waals surface area contributed by atoms with Crippen LogP contribution in [0.15, 0.2) is 60.8 Å². The molecule has 0 spiro atoms. The molecule has 0 N–H and O–H groups in total. The predicted molar refractivity (Wildman–Crippen MR) is 362 cm³/mol. The molecule has 1 atom stereocenters. The van der Waals surface area contributed by atoms with Gasteiger partial charge in [-0.3, -0.25) is 14.4 Å². The van der Waals surface area contributed by atoms with Crippen molar-refractivity contribution in [3.05, 3.63) is 60.8 Å². The van der Waals surface area contributed by atoms with Crippen molar-refractivity contribution in [3.8, 4) is 0 Å². The third-order valence-electron chi connectivity index (χ3n) is 16.5. The zero-order chi connectivity index (χ0) is 59.9. The van der Waals surface area contributed by atoms with Crippen molar-refractivity contribution < 1.29 is 28.6 Å². The molecule has 0 rings (SSSR count). The molecule has 0 heterocycles. The van der Waals surface area contributed by atoms with E-state index in [2.05, 4.69) is 81.5 Å². The Bertz CT molecular complexity index is 1470. The van der Waals surface area contributed by atoms with Crippen molar-refractivity contribution in [1.29, 1.82) is 0 Å². The molecule has 0 fully saturated rings. The van der Waals surface area contributed by atoms with Gasteiger partial charge in [-0.1, -0.05) is 351 Å². The monoisotopic (exact) mass is 1160 g/mol. The van der Waals surface area contributed by atoms with Crippen LogP contribution in [0.1, 0.15) is 393 Å². The van der Waals surface area contributed by atoms with Gasteiger partial charge in [0.2, 0.25) is 0 Å². The molecule has 0 aliphatic rings. The molecule has 0 bridgehead atoms. The number of carbonyl (C=O) groups excluding carboxylic acids is 3. The van der Waals surface area contributed by atoms with Gasteiger partial charge in [0.25, 0.3) is 0 Å².